The average molecular weight is 240 g/mol. The molecule has 3 heteroatoms. The molecule has 0 heterocycles. The number of Topliss-reactive ketones (excluding diaryl/α,β-unsaturated/α-hetero) is 1. The topological polar surface area (TPSA) is 43.4 Å². The van der Waals surface area contributed by atoms with Crippen LogP contribution in [0, 0.1) is 5.41 Å². The van der Waals surface area contributed by atoms with Gasteiger partial charge in [0, 0.05) is 6.42 Å². The standard InChI is InChI=1S/C14H24O3/c1-5-13(3,4)12(16)17-14(6-2)10-8-7-9-11(14)15/h5-10H2,1-4H3. The van der Waals surface area contributed by atoms with Gasteiger partial charge in [-0.3, -0.25) is 9.59 Å². The van der Waals surface area contributed by atoms with E-state index in [0.717, 1.165) is 19.3 Å². The zero-order chi connectivity index (χ0) is 13.1. The summed E-state index contributed by atoms with van der Waals surface area (Å²) in [6, 6.07) is 0. The van der Waals surface area contributed by atoms with Crippen molar-refractivity contribution >= 4 is 11.8 Å². The van der Waals surface area contributed by atoms with E-state index in [4.69, 9.17) is 4.74 Å². The second-order valence-corrected chi connectivity index (χ2v) is 5.61. The highest BCUT2D eigenvalue weighted by Crippen LogP contribution is 2.34. The highest BCUT2D eigenvalue weighted by atomic mass is 16.6. The predicted molar refractivity (Wildman–Crippen MR) is 66.7 cm³/mol. The Labute approximate surface area is 104 Å². The minimum Gasteiger partial charge on any atom is -0.451 e. The molecule has 1 aliphatic carbocycles. The molecule has 17 heavy (non-hydrogen) atoms. The van der Waals surface area contributed by atoms with Crippen LogP contribution in [-0.4, -0.2) is 17.4 Å². The maximum atomic E-state index is 12.1. The van der Waals surface area contributed by atoms with Crippen LogP contribution in [0.3, 0.4) is 0 Å². The molecule has 0 N–H and O–H groups in total. The summed E-state index contributed by atoms with van der Waals surface area (Å²) in [6.07, 6.45) is 4.45. The molecule has 1 fully saturated rings. The van der Waals surface area contributed by atoms with Crippen LogP contribution in [-0.2, 0) is 14.3 Å². The number of hydrogen-bond donors (Lipinski definition) is 0. The van der Waals surface area contributed by atoms with Gasteiger partial charge < -0.3 is 4.74 Å². The lowest BCUT2D eigenvalue weighted by Crippen LogP contribution is -2.47. The van der Waals surface area contributed by atoms with E-state index in [1.807, 2.05) is 27.7 Å². The molecule has 0 amide bonds. The molecule has 0 radical (unpaired) electrons. The maximum Gasteiger partial charge on any atom is 0.312 e. The highest BCUT2D eigenvalue weighted by molar-refractivity contribution is 5.91. The SMILES string of the molecule is CCC(C)(C)C(=O)OC1(CC)CCCCC1=O. The van der Waals surface area contributed by atoms with Crippen molar-refractivity contribution in [1.82, 2.24) is 0 Å². The van der Waals surface area contributed by atoms with Gasteiger partial charge in [0.2, 0.25) is 0 Å². The van der Waals surface area contributed by atoms with Crippen LogP contribution in [0.15, 0.2) is 0 Å². The number of hydrogen-bond acceptors (Lipinski definition) is 3. The van der Waals surface area contributed by atoms with Crippen LogP contribution < -0.4 is 0 Å². The summed E-state index contributed by atoms with van der Waals surface area (Å²) < 4.78 is 5.61. The molecule has 0 aromatic rings. The van der Waals surface area contributed by atoms with Gasteiger partial charge in [0.05, 0.1) is 5.41 Å². The minimum atomic E-state index is -0.832. The summed E-state index contributed by atoms with van der Waals surface area (Å²) in [5.74, 6) is -0.136. The van der Waals surface area contributed by atoms with Crippen molar-refractivity contribution in [3.8, 4) is 0 Å². The highest BCUT2D eigenvalue weighted by Gasteiger charge is 2.44. The molecular weight excluding hydrogens is 216 g/mol. The number of ketones is 1. The van der Waals surface area contributed by atoms with Gasteiger partial charge >= 0.3 is 5.97 Å². The lowest BCUT2D eigenvalue weighted by molar-refractivity contribution is -0.179. The first-order chi connectivity index (χ1) is 7.88. The number of rotatable bonds is 4. The van der Waals surface area contributed by atoms with Crippen LogP contribution in [0.25, 0.3) is 0 Å². The third-order valence-corrected chi connectivity index (χ3v) is 4.04. The van der Waals surface area contributed by atoms with Crippen LogP contribution >= 0.6 is 0 Å². The van der Waals surface area contributed by atoms with E-state index in [2.05, 4.69) is 0 Å². The number of ether oxygens (including phenoxy) is 1. The molecule has 1 saturated carbocycles. The monoisotopic (exact) mass is 240 g/mol. The normalized spacial score (nSPS) is 25.8. The second-order valence-electron chi connectivity index (χ2n) is 5.61. The molecular formula is C14H24O3. The van der Waals surface area contributed by atoms with Gasteiger partial charge in [-0.25, -0.2) is 0 Å². The molecule has 0 saturated heterocycles. The fraction of sp³-hybridized carbons (Fsp3) is 0.857. The molecule has 1 atom stereocenters. The second kappa shape index (κ2) is 5.19. The van der Waals surface area contributed by atoms with Crippen molar-refractivity contribution < 1.29 is 14.3 Å². The van der Waals surface area contributed by atoms with Crippen molar-refractivity contribution in [1.29, 1.82) is 0 Å². The zero-order valence-corrected chi connectivity index (χ0v) is 11.5. The number of carbonyl (C=O) groups is 2. The Hall–Kier alpha value is -0.860. The molecule has 0 bridgehead atoms. The Balaban J connectivity index is 2.82. The molecule has 0 aromatic carbocycles. The van der Waals surface area contributed by atoms with Crippen molar-refractivity contribution in [2.45, 2.75) is 71.8 Å². The van der Waals surface area contributed by atoms with E-state index in [0.29, 0.717) is 19.3 Å². The van der Waals surface area contributed by atoms with Gasteiger partial charge in [0.15, 0.2) is 11.4 Å². The third kappa shape index (κ3) is 2.88. The Morgan fingerprint density at radius 2 is 2.00 bits per heavy atom. The molecule has 1 rings (SSSR count). The number of esters is 1. The molecule has 1 aliphatic rings. The van der Waals surface area contributed by atoms with Gasteiger partial charge in [-0.1, -0.05) is 13.8 Å². The molecule has 0 spiro atoms. The minimum absolute atomic E-state index is 0.103. The molecule has 0 aliphatic heterocycles. The van der Waals surface area contributed by atoms with Crippen molar-refractivity contribution in [3.63, 3.8) is 0 Å². The van der Waals surface area contributed by atoms with Gasteiger partial charge in [-0.15, -0.1) is 0 Å². The first-order valence-corrected chi connectivity index (χ1v) is 6.64. The summed E-state index contributed by atoms with van der Waals surface area (Å²) >= 11 is 0. The van der Waals surface area contributed by atoms with Crippen molar-refractivity contribution in [3.05, 3.63) is 0 Å². The van der Waals surface area contributed by atoms with Gasteiger partial charge in [-0.05, 0) is 46.0 Å². The van der Waals surface area contributed by atoms with Crippen molar-refractivity contribution in [2.75, 3.05) is 0 Å². The fourth-order valence-corrected chi connectivity index (χ4v) is 2.08. The predicted octanol–water partition coefficient (Wildman–Crippen LogP) is 3.26. The van der Waals surface area contributed by atoms with E-state index < -0.39 is 11.0 Å². The molecule has 98 valence electrons. The summed E-state index contributed by atoms with van der Waals surface area (Å²) in [4.78, 5) is 24.1. The number of carbonyl (C=O) groups excluding carboxylic acids is 2. The largest absolute Gasteiger partial charge is 0.451 e. The average Bonchev–Trinajstić information content (AvgIpc) is 2.32. The lowest BCUT2D eigenvalue weighted by Gasteiger charge is -2.36. The van der Waals surface area contributed by atoms with Crippen LogP contribution in [0.2, 0.25) is 0 Å². The Kier molecular flexibility index (Phi) is 4.34. The summed E-state index contributed by atoms with van der Waals surface area (Å²) in [7, 11) is 0. The Morgan fingerprint density at radius 1 is 1.35 bits per heavy atom. The third-order valence-electron chi connectivity index (χ3n) is 4.04. The Morgan fingerprint density at radius 3 is 2.47 bits per heavy atom. The van der Waals surface area contributed by atoms with E-state index in [9.17, 15) is 9.59 Å². The molecule has 0 aromatic heterocycles. The molecule has 1 unspecified atom stereocenters. The Bertz CT molecular complexity index is 307. The van der Waals surface area contributed by atoms with Crippen LogP contribution in [0.5, 0.6) is 0 Å². The van der Waals surface area contributed by atoms with Crippen molar-refractivity contribution in [2.24, 2.45) is 5.41 Å². The zero-order valence-electron chi connectivity index (χ0n) is 11.5. The summed E-state index contributed by atoms with van der Waals surface area (Å²) in [6.45, 7) is 7.62. The van der Waals surface area contributed by atoms with Crippen LogP contribution in [0.1, 0.15) is 66.2 Å². The first kappa shape index (κ1) is 14.2. The smallest absolute Gasteiger partial charge is 0.312 e. The van der Waals surface area contributed by atoms with E-state index in [1.54, 1.807) is 0 Å². The van der Waals surface area contributed by atoms with E-state index in [1.165, 1.54) is 0 Å². The summed E-state index contributed by atoms with van der Waals surface area (Å²) in [5, 5.41) is 0. The molecule has 3 nitrogen and oxygen atoms in total. The van der Waals surface area contributed by atoms with Gasteiger partial charge in [0.25, 0.3) is 0 Å². The van der Waals surface area contributed by atoms with Gasteiger partial charge in [0.1, 0.15) is 0 Å². The van der Waals surface area contributed by atoms with Gasteiger partial charge in [-0.2, -0.15) is 0 Å². The van der Waals surface area contributed by atoms with Crippen LogP contribution in [0.4, 0.5) is 0 Å². The summed E-state index contributed by atoms with van der Waals surface area (Å²) in [5.41, 5.74) is -1.33. The first-order valence-electron chi connectivity index (χ1n) is 6.64. The fourth-order valence-electron chi connectivity index (χ4n) is 2.08. The van der Waals surface area contributed by atoms with E-state index >= 15 is 0 Å². The van der Waals surface area contributed by atoms with E-state index in [-0.39, 0.29) is 11.8 Å². The lowest BCUT2D eigenvalue weighted by atomic mass is 9.81. The quantitative estimate of drug-likeness (QED) is 0.708. The maximum absolute atomic E-state index is 12.1.